The Labute approximate surface area is 209 Å². The van der Waals surface area contributed by atoms with Gasteiger partial charge in [-0.25, -0.2) is 30.0 Å². The molecule has 1 aromatic carbocycles. The first-order chi connectivity index (χ1) is 17.8. The van der Waals surface area contributed by atoms with Crippen molar-refractivity contribution in [2.45, 2.75) is 6.42 Å². The first-order valence-corrected chi connectivity index (χ1v) is 11.9. The number of benzene rings is 1. The fourth-order valence-corrected chi connectivity index (χ4v) is 4.47. The molecule has 0 spiro atoms. The summed E-state index contributed by atoms with van der Waals surface area (Å²) in [5.74, 6) is 3.52. The average molecular weight is 483 g/mol. The number of hydrogen-bond donors (Lipinski definition) is 0. The summed E-state index contributed by atoms with van der Waals surface area (Å²) in [7, 11) is 1.66. The predicted octanol–water partition coefficient (Wildman–Crippen LogP) is 3.42. The fourth-order valence-electron chi connectivity index (χ4n) is 4.47. The molecule has 1 fully saturated rings. The Kier molecular flexibility index (Phi) is 6.10. The molecular formula is C26H26N8O2. The lowest BCUT2D eigenvalue weighted by Gasteiger charge is -2.35. The smallest absolute Gasteiger partial charge is 0.249 e. The molecule has 2 aliphatic rings. The van der Waals surface area contributed by atoms with Crippen molar-refractivity contribution in [2.24, 2.45) is 0 Å². The highest BCUT2D eigenvalue weighted by atomic mass is 16.5. The van der Waals surface area contributed by atoms with Crippen LogP contribution in [0.2, 0.25) is 0 Å². The molecule has 2 aliphatic heterocycles. The number of fused-ring (bicyclic) bond motifs is 1. The zero-order chi connectivity index (χ0) is 24.3. The van der Waals surface area contributed by atoms with Gasteiger partial charge in [0.1, 0.15) is 17.4 Å². The molecule has 0 unspecified atom stereocenters. The Hall–Kier alpha value is -4.15. The number of nitrogens with zero attached hydrogens (tertiary/aromatic N) is 8. The molecule has 10 heteroatoms. The molecule has 5 heterocycles. The van der Waals surface area contributed by atoms with E-state index in [1.807, 2.05) is 59.7 Å². The van der Waals surface area contributed by atoms with Crippen LogP contribution in [-0.2, 0) is 11.2 Å². The second-order valence-corrected chi connectivity index (χ2v) is 8.46. The minimum Gasteiger partial charge on any atom is -0.497 e. The highest BCUT2D eigenvalue weighted by molar-refractivity contribution is 5.66. The number of methoxy groups -OCH3 is 1. The van der Waals surface area contributed by atoms with E-state index >= 15 is 0 Å². The van der Waals surface area contributed by atoms with E-state index in [1.54, 1.807) is 19.5 Å². The number of hydrazine groups is 1. The van der Waals surface area contributed by atoms with Crippen LogP contribution in [0, 0.1) is 0 Å². The van der Waals surface area contributed by atoms with Crippen LogP contribution in [0.5, 0.6) is 5.75 Å². The van der Waals surface area contributed by atoms with Crippen LogP contribution in [0.3, 0.4) is 0 Å². The van der Waals surface area contributed by atoms with Crippen molar-refractivity contribution in [3.8, 4) is 17.0 Å². The van der Waals surface area contributed by atoms with Crippen molar-refractivity contribution in [3.63, 3.8) is 0 Å². The minimum atomic E-state index is 0.500. The van der Waals surface area contributed by atoms with Crippen LogP contribution in [-0.4, -0.2) is 69.9 Å². The van der Waals surface area contributed by atoms with Gasteiger partial charge >= 0.3 is 0 Å². The number of hydrogen-bond acceptors (Lipinski definition) is 10. The summed E-state index contributed by atoms with van der Waals surface area (Å²) < 4.78 is 11.0. The van der Waals surface area contributed by atoms with Crippen molar-refractivity contribution >= 4 is 23.5 Å². The van der Waals surface area contributed by atoms with E-state index in [1.165, 1.54) is 0 Å². The summed E-state index contributed by atoms with van der Waals surface area (Å²) in [5, 5.41) is 4.04. The van der Waals surface area contributed by atoms with Crippen molar-refractivity contribution in [2.75, 3.05) is 49.9 Å². The highest BCUT2D eigenvalue weighted by Gasteiger charge is 2.29. The maximum Gasteiger partial charge on any atom is 0.249 e. The Morgan fingerprint density at radius 3 is 2.61 bits per heavy atom. The third-order valence-electron chi connectivity index (χ3n) is 6.27. The molecular weight excluding hydrogens is 456 g/mol. The number of pyridine rings is 1. The van der Waals surface area contributed by atoms with Crippen LogP contribution >= 0.6 is 0 Å². The lowest BCUT2D eigenvalue weighted by molar-refractivity contribution is 0.0364. The summed E-state index contributed by atoms with van der Waals surface area (Å²) in [4.78, 5) is 26.0. The van der Waals surface area contributed by atoms with Crippen LogP contribution in [0.15, 0.2) is 67.1 Å². The Bertz CT molecular complexity index is 1350. The minimum absolute atomic E-state index is 0.500. The zero-order valence-electron chi connectivity index (χ0n) is 20.0. The van der Waals surface area contributed by atoms with Crippen molar-refractivity contribution in [1.82, 2.24) is 29.9 Å². The molecule has 10 nitrogen and oxygen atoms in total. The van der Waals surface area contributed by atoms with Gasteiger partial charge in [-0.15, -0.1) is 0 Å². The second-order valence-electron chi connectivity index (χ2n) is 8.46. The van der Waals surface area contributed by atoms with Gasteiger partial charge in [0.25, 0.3) is 0 Å². The fraction of sp³-hybridized carbons (Fsp3) is 0.269. The van der Waals surface area contributed by atoms with E-state index < -0.39 is 0 Å². The van der Waals surface area contributed by atoms with Crippen molar-refractivity contribution < 1.29 is 9.47 Å². The molecule has 1 saturated heterocycles. The van der Waals surface area contributed by atoms with Gasteiger partial charge in [0.05, 0.1) is 26.0 Å². The van der Waals surface area contributed by atoms with E-state index in [4.69, 9.17) is 24.4 Å². The molecule has 6 rings (SSSR count). The first kappa shape index (κ1) is 22.3. The van der Waals surface area contributed by atoms with Gasteiger partial charge < -0.3 is 14.4 Å². The topological polar surface area (TPSA) is 92.6 Å². The van der Waals surface area contributed by atoms with E-state index in [0.717, 1.165) is 47.2 Å². The lowest BCUT2D eigenvalue weighted by atomic mass is 10.1. The largest absolute Gasteiger partial charge is 0.497 e. The predicted molar refractivity (Wildman–Crippen MR) is 136 cm³/mol. The third-order valence-corrected chi connectivity index (χ3v) is 6.27. The maximum absolute atomic E-state index is 5.61. The van der Waals surface area contributed by atoms with E-state index in [9.17, 15) is 0 Å². The molecule has 0 atom stereocenters. The molecule has 0 radical (unpaired) electrons. The van der Waals surface area contributed by atoms with Gasteiger partial charge in [0.15, 0.2) is 0 Å². The molecule has 0 saturated carbocycles. The Morgan fingerprint density at radius 2 is 1.78 bits per heavy atom. The SMILES string of the molecule is COc1cccc(-c2ccnc(N(c3ncc4c(n3)N(c3ccccn3)CC4)N3CCOCC3)n2)c1. The summed E-state index contributed by atoms with van der Waals surface area (Å²) in [6.45, 7) is 3.38. The number of aromatic nitrogens is 5. The van der Waals surface area contributed by atoms with Gasteiger partial charge in [-0.3, -0.25) is 0 Å². The van der Waals surface area contributed by atoms with Gasteiger partial charge in [-0.05, 0) is 36.8 Å². The quantitative estimate of drug-likeness (QED) is 0.407. The highest BCUT2D eigenvalue weighted by Crippen LogP contribution is 2.34. The molecule has 3 aromatic heterocycles. The van der Waals surface area contributed by atoms with E-state index in [0.29, 0.717) is 38.2 Å². The van der Waals surface area contributed by atoms with E-state index in [-0.39, 0.29) is 0 Å². The first-order valence-electron chi connectivity index (χ1n) is 11.9. The normalized spacial score (nSPS) is 15.5. The molecule has 182 valence electrons. The molecule has 0 N–H and O–H groups in total. The molecule has 4 aromatic rings. The number of rotatable bonds is 6. The standard InChI is InChI=1S/C26H26N8O2/c1-35-21-6-4-5-19(17-21)22-8-11-28-25(30-22)34(32-13-15-36-16-14-32)26-29-18-20-9-12-33(24(20)31-26)23-7-2-3-10-27-23/h2-8,10-11,17-18H,9,12-16H2,1H3. The molecule has 0 bridgehead atoms. The zero-order valence-corrected chi connectivity index (χ0v) is 20.0. The Morgan fingerprint density at radius 1 is 0.889 bits per heavy atom. The van der Waals surface area contributed by atoms with E-state index in [2.05, 4.69) is 19.9 Å². The van der Waals surface area contributed by atoms with Crippen molar-refractivity contribution in [1.29, 1.82) is 0 Å². The van der Waals surface area contributed by atoms with Gasteiger partial charge in [-0.1, -0.05) is 18.2 Å². The molecule has 0 aliphatic carbocycles. The average Bonchev–Trinajstić information content (AvgIpc) is 3.38. The van der Waals surface area contributed by atoms with Crippen LogP contribution in [0.25, 0.3) is 11.3 Å². The number of ether oxygens (including phenoxy) is 2. The lowest BCUT2D eigenvalue weighted by Crippen LogP contribution is -2.48. The Balaban J connectivity index is 1.41. The number of morpholine rings is 1. The van der Waals surface area contributed by atoms with Crippen LogP contribution < -0.4 is 14.6 Å². The van der Waals surface area contributed by atoms with Crippen LogP contribution in [0.4, 0.5) is 23.5 Å². The molecule has 0 amide bonds. The van der Waals surface area contributed by atoms with Crippen molar-refractivity contribution in [3.05, 3.63) is 72.7 Å². The van der Waals surface area contributed by atoms with Gasteiger partial charge in [-0.2, -0.15) is 4.98 Å². The third kappa shape index (κ3) is 4.32. The summed E-state index contributed by atoms with van der Waals surface area (Å²) in [6.07, 6.45) is 6.33. The van der Waals surface area contributed by atoms with Gasteiger partial charge in [0, 0.05) is 49.4 Å². The van der Waals surface area contributed by atoms with Crippen LogP contribution in [0.1, 0.15) is 5.56 Å². The molecule has 36 heavy (non-hydrogen) atoms. The maximum atomic E-state index is 5.61. The summed E-state index contributed by atoms with van der Waals surface area (Å²) in [5.41, 5.74) is 2.82. The van der Waals surface area contributed by atoms with Gasteiger partial charge in [0.2, 0.25) is 11.9 Å². The second kappa shape index (κ2) is 9.84. The monoisotopic (exact) mass is 482 g/mol. The summed E-state index contributed by atoms with van der Waals surface area (Å²) in [6, 6.07) is 15.6. The summed E-state index contributed by atoms with van der Waals surface area (Å²) >= 11 is 0. The number of anilines is 4.